The maximum atomic E-state index is 9.11. The first-order valence-corrected chi connectivity index (χ1v) is 5.45. The van der Waals surface area contributed by atoms with Gasteiger partial charge in [0.25, 0.3) is 0 Å². The predicted octanol–water partition coefficient (Wildman–Crippen LogP) is 2.80. The van der Waals surface area contributed by atoms with Crippen molar-refractivity contribution in [3.05, 3.63) is 11.8 Å². The fraction of sp³-hybridized carbons (Fsp3) is 0.750. The third-order valence-electron chi connectivity index (χ3n) is 4.76. The molecule has 2 aliphatic carbocycles. The Hall–Kier alpha value is -0.990. The highest BCUT2D eigenvalue weighted by Gasteiger charge is 2.58. The molecule has 0 aromatic heterocycles. The lowest BCUT2D eigenvalue weighted by Gasteiger charge is -2.44. The summed E-state index contributed by atoms with van der Waals surface area (Å²) in [5.41, 5.74) is 0.849. The van der Waals surface area contributed by atoms with Gasteiger partial charge in [0.05, 0.1) is 12.8 Å². The maximum Gasteiger partial charge on any atom is 0.101 e. The van der Waals surface area contributed by atoms with Crippen molar-refractivity contribution in [3.8, 4) is 0 Å². The number of methoxy groups -OCH3 is 1. The van der Waals surface area contributed by atoms with E-state index in [1.807, 2.05) is 6.08 Å². The zero-order valence-corrected chi connectivity index (χ0v) is 9.87. The van der Waals surface area contributed by atoms with Gasteiger partial charge in [-0.05, 0) is 18.3 Å². The fourth-order valence-corrected chi connectivity index (χ4v) is 3.19. The van der Waals surface area contributed by atoms with Crippen molar-refractivity contribution in [2.45, 2.75) is 33.6 Å². The average Bonchev–Trinajstić information content (AvgIpc) is 2.37. The monoisotopic (exact) mass is 209 g/mol. The lowest BCUT2D eigenvalue weighted by Crippen LogP contribution is -2.44. The zero-order valence-electron chi connectivity index (χ0n) is 9.87. The molecular formula is C12H19NO2. The lowest BCUT2D eigenvalue weighted by molar-refractivity contribution is 0.111. The Labute approximate surface area is 90.8 Å². The van der Waals surface area contributed by atoms with Gasteiger partial charge < -0.3 is 9.94 Å². The normalized spacial score (nSPS) is 40.4. The molecule has 2 bridgehead atoms. The van der Waals surface area contributed by atoms with Crippen LogP contribution in [0.4, 0.5) is 0 Å². The Morgan fingerprint density at radius 1 is 1.47 bits per heavy atom. The molecule has 2 rings (SSSR count). The van der Waals surface area contributed by atoms with Crippen LogP contribution in [-0.2, 0) is 4.74 Å². The standard InChI is InChI=1S/C12H19NO2/c1-11(2)8-5-6-12(11,3)10(13-14)7-9(8)15-4/h7-8,14H,5-6H2,1-4H3/b13-10-/t8-,12+/m1/s1. The Morgan fingerprint density at radius 2 is 2.13 bits per heavy atom. The molecule has 3 heteroatoms. The summed E-state index contributed by atoms with van der Waals surface area (Å²) in [5, 5.41) is 12.6. The molecule has 1 saturated carbocycles. The summed E-state index contributed by atoms with van der Waals surface area (Å²) in [5.74, 6) is 1.42. The predicted molar refractivity (Wildman–Crippen MR) is 58.9 cm³/mol. The van der Waals surface area contributed by atoms with Crippen LogP contribution in [0.3, 0.4) is 0 Å². The van der Waals surface area contributed by atoms with Gasteiger partial charge in [-0.2, -0.15) is 0 Å². The van der Waals surface area contributed by atoms with E-state index in [0.29, 0.717) is 5.92 Å². The molecule has 1 N–H and O–H groups in total. The Balaban J connectivity index is 2.57. The third-order valence-corrected chi connectivity index (χ3v) is 4.76. The first kappa shape index (κ1) is 10.5. The minimum Gasteiger partial charge on any atom is -0.501 e. The fourth-order valence-electron chi connectivity index (χ4n) is 3.19. The molecule has 15 heavy (non-hydrogen) atoms. The van der Waals surface area contributed by atoms with E-state index in [1.165, 1.54) is 0 Å². The highest BCUT2D eigenvalue weighted by atomic mass is 16.5. The molecule has 84 valence electrons. The number of ether oxygens (including phenoxy) is 1. The van der Waals surface area contributed by atoms with E-state index in [2.05, 4.69) is 25.9 Å². The number of fused-ring (bicyclic) bond motifs is 2. The maximum absolute atomic E-state index is 9.11. The summed E-state index contributed by atoms with van der Waals surface area (Å²) < 4.78 is 5.40. The van der Waals surface area contributed by atoms with Gasteiger partial charge in [0, 0.05) is 17.4 Å². The zero-order chi connectivity index (χ0) is 11.3. The molecule has 0 spiro atoms. The van der Waals surface area contributed by atoms with Crippen molar-refractivity contribution in [1.29, 1.82) is 0 Å². The quantitative estimate of drug-likeness (QED) is 0.533. The summed E-state index contributed by atoms with van der Waals surface area (Å²) in [4.78, 5) is 0. The van der Waals surface area contributed by atoms with Gasteiger partial charge in [-0.1, -0.05) is 25.9 Å². The summed E-state index contributed by atoms with van der Waals surface area (Å²) in [7, 11) is 1.69. The second-order valence-corrected chi connectivity index (χ2v) is 5.38. The second-order valence-electron chi connectivity index (χ2n) is 5.38. The summed E-state index contributed by atoms with van der Waals surface area (Å²) in [6.45, 7) is 6.66. The number of hydrogen-bond donors (Lipinski definition) is 1. The van der Waals surface area contributed by atoms with Crippen molar-refractivity contribution in [2.75, 3.05) is 7.11 Å². The molecule has 0 saturated heterocycles. The molecule has 1 fully saturated rings. The van der Waals surface area contributed by atoms with Crippen molar-refractivity contribution in [3.63, 3.8) is 0 Å². The van der Waals surface area contributed by atoms with Crippen LogP contribution in [0, 0.1) is 16.7 Å². The van der Waals surface area contributed by atoms with Crippen LogP contribution >= 0.6 is 0 Å². The van der Waals surface area contributed by atoms with Crippen LogP contribution < -0.4 is 0 Å². The largest absolute Gasteiger partial charge is 0.501 e. The molecule has 0 heterocycles. The van der Waals surface area contributed by atoms with Gasteiger partial charge >= 0.3 is 0 Å². The number of nitrogens with zero attached hydrogens (tertiary/aromatic N) is 1. The van der Waals surface area contributed by atoms with Crippen molar-refractivity contribution < 1.29 is 9.94 Å². The van der Waals surface area contributed by atoms with Gasteiger partial charge in [0.2, 0.25) is 0 Å². The van der Waals surface area contributed by atoms with Crippen LogP contribution in [0.5, 0.6) is 0 Å². The summed E-state index contributed by atoms with van der Waals surface area (Å²) in [6.07, 6.45) is 4.08. The summed E-state index contributed by atoms with van der Waals surface area (Å²) in [6, 6.07) is 0. The Kier molecular flexibility index (Phi) is 2.11. The molecule has 0 amide bonds. The second kappa shape index (κ2) is 3.00. The molecule has 2 aliphatic rings. The number of oxime groups is 1. The van der Waals surface area contributed by atoms with E-state index in [-0.39, 0.29) is 10.8 Å². The van der Waals surface area contributed by atoms with Crippen LogP contribution in [-0.4, -0.2) is 18.0 Å². The first-order valence-electron chi connectivity index (χ1n) is 5.45. The van der Waals surface area contributed by atoms with Crippen LogP contribution in [0.25, 0.3) is 0 Å². The smallest absolute Gasteiger partial charge is 0.101 e. The molecule has 2 atom stereocenters. The van der Waals surface area contributed by atoms with Gasteiger partial charge in [0.1, 0.15) is 5.76 Å². The Bertz CT molecular complexity index is 344. The SMILES string of the molecule is COC1=C/C(=N/O)[C@]2(C)CC[C@H]1C2(C)C. The number of allylic oxidation sites excluding steroid dienone is 2. The van der Waals surface area contributed by atoms with Crippen LogP contribution in [0.2, 0.25) is 0 Å². The number of hydrogen-bond acceptors (Lipinski definition) is 3. The van der Waals surface area contributed by atoms with E-state index < -0.39 is 0 Å². The topological polar surface area (TPSA) is 41.8 Å². The third kappa shape index (κ3) is 1.09. The molecule has 3 nitrogen and oxygen atoms in total. The van der Waals surface area contributed by atoms with E-state index in [1.54, 1.807) is 7.11 Å². The van der Waals surface area contributed by atoms with Gasteiger partial charge in [0.15, 0.2) is 0 Å². The highest BCUT2D eigenvalue weighted by molar-refractivity contribution is 6.01. The van der Waals surface area contributed by atoms with Gasteiger partial charge in [-0.3, -0.25) is 0 Å². The van der Waals surface area contributed by atoms with E-state index in [9.17, 15) is 0 Å². The minimum absolute atomic E-state index is 0.0194. The Morgan fingerprint density at radius 3 is 2.67 bits per heavy atom. The van der Waals surface area contributed by atoms with E-state index >= 15 is 0 Å². The van der Waals surface area contributed by atoms with Gasteiger partial charge in [-0.25, -0.2) is 0 Å². The molecular weight excluding hydrogens is 190 g/mol. The average molecular weight is 209 g/mol. The first-order chi connectivity index (χ1) is 6.97. The minimum atomic E-state index is -0.0194. The molecule has 0 radical (unpaired) electrons. The van der Waals surface area contributed by atoms with Crippen LogP contribution in [0.1, 0.15) is 33.6 Å². The molecule has 0 aromatic carbocycles. The van der Waals surface area contributed by atoms with Gasteiger partial charge in [-0.15, -0.1) is 0 Å². The van der Waals surface area contributed by atoms with Crippen molar-refractivity contribution in [2.24, 2.45) is 21.9 Å². The van der Waals surface area contributed by atoms with Crippen LogP contribution in [0.15, 0.2) is 17.0 Å². The van der Waals surface area contributed by atoms with E-state index in [4.69, 9.17) is 9.94 Å². The number of rotatable bonds is 1. The highest BCUT2D eigenvalue weighted by Crippen LogP contribution is 2.61. The lowest BCUT2D eigenvalue weighted by atomic mass is 9.60. The van der Waals surface area contributed by atoms with Crippen molar-refractivity contribution in [1.82, 2.24) is 0 Å². The molecule has 0 unspecified atom stereocenters. The van der Waals surface area contributed by atoms with Crippen molar-refractivity contribution >= 4 is 5.71 Å². The van der Waals surface area contributed by atoms with E-state index in [0.717, 1.165) is 24.3 Å². The molecule has 0 aromatic rings. The molecule has 0 aliphatic heterocycles. The summed E-state index contributed by atoms with van der Waals surface area (Å²) >= 11 is 0.